The van der Waals surface area contributed by atoms with Crippen LogP contribution in [0.5, 0.6) is 11.5 Å². The molecule has 1 heterocycles. The van der Waals surface area contributed by atoms with Crippen LogP contribution in [0.1, 0.15) is 50.2 Å². The lowest BCUT2D eigenvalue weighted by atomic mass is 9.94. The third-order valence-corrected chi connectivity index (χ3v) is 7.40. The van der Waals surface area contributed by atoms with E-state index in [9.17, 15) is 9.59 Å². The van der Waals surface area contributed by atoms with E-state index in [1.807, 2.05) is 25.1 Å². The fourth-order valence-corrected chi connectivity index (χ4v) is 5.35. The second kappa shape index (κ2) is 11.2. The predicted octanol–water partition coefficient (Wildman–Crippen LogP) is 6.80. The first-order valence-electron chi connectivity index (χ1n) is 11.3. The Hall–Kier alpha value is -1.97. The zero-order chi connectivity index (χ0) is 24.2. The molecule has 1 aliphatic heterocycles. The zero-order valence-electron chi connectivity index (χ0n) is 18.7. The lowest BCUT2D eigenvalue weighted by Gasteiger charge is -2.28. The number of hydrogen-bond donors (Lipinski definition) is 1. The van der Waals surface area contributed by atoms with Gasteiger partial charge in [-0.15, -0.1) is 0 Å². The fraction of sp³-hybridized carbons (Fsp3) is 0.360. The minimum atomic E-state index is -0.343. The molecule has 2 aliphatic rings. The highest BCUT2D eigenvalue weighted by Crippen LogP contribution is 2.36. The van der Waals surface area contributed by atoms with Crippen LogP contribution >= 0.6 is 45.8 Å². The van der Waals surface area contributed by atoms with Crippen LogP contribution in [0.2, 0.25) is 10.0 Å². The number of imide groups is 1. The van der Waals surface area contributed by atoms with Gasteiger partial charge >= 0.3 is 6.03 Å². The molecular formula is C25H25Cl2IN2O4. The number of ether oxygens (including phenoxy) is 2. The van der Waals surface area contributed by atoms with E-state index in [0.29, 0.717) is 28.2 Å². The number of amides is 3. The number of nitrogens with one attached hydrogen (secondary N) is 1. The highest BCUT2D eigenvalue weighted by molar-refractivity contribution is 14.1. The molecule has 3 amide bonds. The summed E-state index contributed by atoms with van der Waals surface area (Å²) in [5.74, 6) is 0.883. The van der Waals surface area contributed by atoms with Crippen molar-refractivity contribution in [2.24, 2.45) is 0 Å². The molecule has 2 fully saturated rings. The number of urea groups is 1. The average molecular weight is 615 g/mol. The summed E-state index contributed by atoms with van der Waals surface area (Å²) in [4.78, 5) is 26.9. The van der Waals surface area contributed by atoms with Gasteiger partial charge in [0.05, 0.1) is 20.2 Å². The average Bonchev–Trinajstić information content (AvgIpc) is 3.09. The number of benzene rings is 2. The van der Waals surface area contributed by atoms with Gasteiger partial charge in [-0.05, 0) is 83.8 Å². The predicted molar refractivity (Wildman–Crippen MR) is 141 cm³/mol. The number of hydrogen-bond acceptors (Lipinski definition) is 4. The van der Waals surface area contributed by atoms with Crippen molar-refractivity contribution in [1.82, 2.24) is 10.2 Å². The molecule has 0 aromatic heterocycles. The Labute approximate surface area is 222 Å². The van der Waals surface area contributed by atoms with Crippen molar-refractivity contribution in [3.63, 3.8) is 0 Å². The maximum Gasteiger partial charge on any atom is 0.329 e. The summed E-state index contributed by atoms with van der Waals surface area (Å²) in [5.41, 5.74) is 1.89. The molecule has 2 aromatic rings. The van der Waals surface area contributed by atoms with Gasteiger partial charge in [-0.1, -0.05) is 48.5 Å². The highest BCUT2D eigenvalue weighted by atomic mass is 127. The van der Waals surface area contributed by atoms with Crippen LogP contribution in [0.3, 0.4) is 0 Å². The maximum absolute atomic E-state index is 13.0. The fourth-order valence-electron chi connectivity index (χ4n) is 4.25. The summed E-state index contributed by atoms with van der Waals surface area (Å²) >= 11 is 14.3. The summed E-state index contributed by atoms with van der Waals surface area (Å²) in [6.45, 7) is 2.63. The van der Waals surface area contributed by atoms with Gasteiger partial charge in [0.2, 0.25) is 0 Å². The molecule has 1 saturated heterocycles. The number of carbonyl (C=O) groups excluding carboxylic acids is 2. The molecule has 0 spiro atoms. The molecule has 180 valence electrons. The first-order valence-corrected chi connectivity index (χ1v) is 13.1. The molecule has 34 heavy (non-hydrogen) atoms. The van der Waals surface area contributed by atoms with E-state index in [1.165, 1.54) is 4.90 Å². The molecule has 0 atom stereocenters. The Morgan fingerprint density at radius 3 is 2.56 bits per heavy atom. The van der Waals surface area contributed by atoms with E-state index in [-0.39, 0.29) is 30.3 Å². The summed E-state index contributed by atoms with van der Waals surface area (Å²) in [6.07, 6.45) is 6.66. The Balaban J connectivity index is 1.56. The van der Waals surface area contributed by atoms with Crippen molar-refractivity contribution in [2.75, 3.05) is 6.61 Å². The van der Waals surface area contributed by atoms with Gasteiger partial charge in [-0.2, -0.15) is 0 Å². The number of halogens is 3. The Morgan fingerprint density at radius 1 is 1.09 bits per heavy atom. The van der Waals surface area contributed by atoms with Gasteiger partial charge in [0.25, 0.3) is 5.91 Å². The first kappa shape index (κ1) is 25.1. The van der Waals surface area contributed by atoms with Gasteiger partial charge in [-0.3, -0.25) is 9.69 Å². The van der Waals surface area contributed by atoms with Crippen LogP contribution in [-0.4, -0.2) is 29.5 Å². The van der Waals surface area contributed by atoms with E-state index in [1.54, 1.807) is 18.2 Å². The third-order valence-electron chi connectivity index (χ3n) is 5.86. The largest absolute Gasteiger partial charge is 0.490 e. The molecule has 0 radical (unpaired) electrons. The lowest BCUT2D eigenvalue weighted by molar-refractivity contribution is -0.124. The minimum Gasteiger partial charge on any atom is -0.490 e. The lowest BCUT2D eigenvalue weighted by Crippen LogP contribution is -2.41. The number of carbonyl (C=O) groups is 2. The monoisotopic (exact) mass is 614 g/mol. The molecule has 1 saturated carbocycles. The first-order chi connectivity index (χ1) is 16.4. The molecular weight excluding hydrogens is 590 g/mol. The van der Waals surface area contributed by atoms with Crippen LogP contribution in [0.25, 0.3) is 6.08 Å². The van der Waals surface area contributed by atoms with E-state index >= 15 is 0 Å². The van der Waals surface area contributed by atoms with Crippen LogP contribution in [0, 0.1) is 3.57 Å². The summed E-state index contributed by atoms with van der Waals surface area (Å²) in [7, 11) is 0. The standard InChI is InChI=1S/C25H25Cl2IN2O4/c1-2-33-22-13-16(11-20(28)23(22)34-14-15-8-9-18(26)19(27)10-15)12-21-24(31)30(25(32)29-21)17-6-4-3-5-7-17/h8-13,17H,2-7,14H2,1H3,(H,29,32)/b21-12-. The smallest absolute Gasteiger partial charge is 0.329 e. The molecule has 6 nitrogen and oxygen atoms in total. The normalized spacial score (nSPS) is 17.9. The Kier molecular flexibility index (Phi) is 8.26. The van der Waals surface area contributed by atoms with E-state index in [0.717, 1.165) is 46.8 Å². The number of rotatable bonds is 7. The van der Waals surface area contributed by atoms with Crippen LogP contribution in [0.15, 0.2) is 36.0 Å². The van der Waals surface area contributed by atoms with Crippen molar-refractivity contribution < 1.29 is 19.1 Å². The maximum atomic E-state index is 13.0. The van der Waals surface area contributed by atoms with Gasteiger partial charge in [-0.25, -0.2) is 4.79 Å². The van der Waals surface area contributed by atoms with Crippen molar-refractivity contribution in [2.45, 2.75) is 51.7 Å². The van der Waals surface area contributed by atoms with Gasteiger partial charge in [0.15, 0.2) is 11.5 Å². The van der Waals surface area contributed by atoms with E-state index < -0.39 is 0 Å². The van der Waals surface area contributed by atoms with Crippen LogP contribution < -0.4 is 14.8 Å². The van der Waals surface area contributed by atoms with Crippen molar-refractivity contribution in [1.29, 1.82) is 0 Å². The van der Waals surface area contributed by atoms with Crippen LogP contribution in [0.4, 0.5) is 4.79 Å². The molecule has 1 N–H and O–H groups in total. The van der Waals surface area contributed by atoms with Crippen LogP contribution in [-0.2, 0) is 11.4 Å². The topological polar surface area (TPSA) is 67.9 Å². The second-order valence-corrected chi connectivity index (χ2v) is 10.2. The summed E-state index contributed by atoms with van der Waals surface area (Å²) in [6, 6.07) is 8.69. The molecule has 4 rings (SSSR count). The summed E-state index contributed by atoms with van der Waals surface area (Å²) < 4.78 is 12.7. The zero-order valence-corrected chi connectivity index (χ0v) is 22.4. The second-order valence-electron chi connectivity index (χ2n) is 8.26. The molecule has 9 heteroatoms. The van der Waals surface area contributed by atoms with Crippen molar-refractivity contribution in [3.8, 4) is 11.5 Å². The highest BCUT2D eigenvalue weighted by Gasteiger charge is 2.39. The minimum absolute atomic E-state index is 0.0246. The SMILES string of the molecule is CCOc1cc(/C=C2\NC(=O)N(C3CCCCC3)C2=O)cc(I)c1OCc1ccc(Cl)c(Cl)c1. The summed E-state index contributed by atoms with van der Waals surface area (Å²) in [5, 5.41) is 3.70. The van der Waals surface area contributed by atoms with Crippen molar-refractivity contribution in [3.05, 3.63) is 60.8 Å². The van der Waals surface area contributed by atoms with Gasteiger partial charge < -0.3 is 14.8 Å². The van der Waals surface area contributed by atoms with Gasteiger partial charge in [0, 0.05) is 6.04 Å². The Morgan fingerprint density at radius 2 is 1.85 bits per heavy atom. The third kappa shape index (κ3) is 5.63. The van der Waals surface area contributed by atoms with E-state index in [4.69, 9.17) is 32.7 Å². The number of nitrogens with zero attached hydrogens (tertiary/aromatic N) is 1. The quantitative estimate of drug-likeness (QED) is 0.212. The van der Waals surface area contributed by atoms with Crippen molar-refractivity contribution >= 4 is 63.8 Å². The molecule has 1 aliphatic carbocycles. The molecule has 0 unspecified atom stereocenters. The Bertz CT molecular complexity index is 1130. The molecule has 0 bridgehead atoms. The van der Waals surface area contributed by atoms with Gasteiger partial charge in [0.1, 0.15) is 12.3 Å². The molecule has 2 aromatic carbocycles. The van der Waals surface area contributed by atoms with E-state index in [2.05, 4.69) is 27.9 Å².